The number of anilines is 1. The standard InChI is InChI=1S/C12H20N4O4/c1-7(2)5-8(11(18)19)6-13-9-10(17)15(3)12(20)16(4)14-9/h7-8H,5-6H2,1-4H3,(H,13,14)(H,18,19). The average Bonchev–Trinajstić information content (AvgIpc) is 2.36. The minimum atomic E-state index is -0.923. The molecule has 1 rings (SSSR count). The number of hydrogen-bond acceptors (Lipinski definition) is 5. The molecule has 1 atom stereocenters. The number of aromatic nitrogens is 3. The zero-order valence-corrected chi connectivity index (χ0v) is 12.1. The summed E-state index contributed by atoms with van der Waals surface area (Å²) >= 11 is 0. The lowest BCUT2D eigenvalue weighted by atomic mass is 9.97. The number of carbonyl (C=O) groups is 1. The molecular formula is C12H20N4O4. The molecular weight excluding hydrogens is 264 g/mol. The van der Waals surface area contributed by atoms with Crippen LogP contribution in [0.4, 0.5) is 5.82 Å². The fourth-order valence-corrected chi connectivity index (χ4v) is 1.87. The highest BCUT2D eigenvalue weighted by Crippen LogP contribution is 2.12. The third-order valence-electron chi connectivity index (χ3n) is 2.94. The van der Waals surface area contributed by atoms with E-state index in [0.29, 0.717) is 6.42 Å². The van der Waals surface area contributed by atoms with Gasteiger partial charge in [-0.1, -0.05) is 13.8 Å². The number of rotatable bonds is 6. The Morgan fingerprint density at radius 1 is 1.35 bits per heavy atom. The van der Waals surface area contributed by atoms with E-state index in [2.05, 4.69) is 10.4 Å². The van der Waals surface area contributed by atoms with E-state index in [1.54, 1.807) is 0 Å². The lowest BCUT2D eigenvalue weighted by molar-refractivity contribution is -0.141. The second-order valence-corrected chi connectivity index (χ2v) is 5.16. The molecule has 0 aliphatic carbocycles. The van der Waals surface area contributed by atoms with Gasteiger partial charge in [0.2, 0.25) is 5.82 Å². The summed E-state index contributed by atoms with van der Waals surface area (Å²) in [5.74, 6) is -1.33. The van der Waals surface area contributed by atoms with E-state index in [0.717, 1.165) is 9.25 Å². The number of aliphatic carboxylic acids is 1. The van der Waals surface area contributed by atoms with Crippen LogP contribution in [0.1, 0.15) is 20.3 Å². The molecule has 1 aromatic rings. The van der Waals surface area contributed by atoms with Gasteiger partial charge in [-0.15, -0.1) is 5.10 Å². The van der Waals surface area contributed by atoms with E-state index >= 15 is 0 Å². The summed E-state index contributed by atoms with van der Waals surface area (Å²) in [7, 11) is 2.77. The van der Waals surface area contributed by atoms with Gasteiger partial charge in [-0.3, -0.25) is 14.2 Å². The van der Waals surface area contributed by atoms with Crippen LogP contribution in [0.25, 0.3) is 0 Å². The molecule has 8 nitrogen and oxygen atoms in total. The molecule has 0 spiro atoms. The van der Waals surface area contributed by atoms with Gasteiger partial charge in [0.15, 0.2) is 0 Å². The Balaban J connectivity index is 2.92. The first-order valence-corrected chi connectivity index (χ1v) is 6.35. The molecule has 2 N–H and O–H groups in total. The Hall–Kier alpha value is -2.12. The van der Waals surface area contributed by atoms with Gasteiger partial charge in [0.05, 0.1) is 5.92 Å². The van der Waals surface area contributed by atoms with Crippen molar-refractivity contribution in [2.24, 2.45) is 25.9 Å². The third kappa shape index (κ3) is 3.69. The molecule has 0 fully saturated rings. The van der Waals surface area contributed by atoms with Gasteiger partial charge in [0.1, 0.15) is 0 Å². The molecule has 20 heavy (non-hydrogen) atoms. The summed E-state index contributed by atoms with van der Waals surface area (Å²) in [5, 5.41) is 15.7. The summed E-state index contributed by atoms with van der Waals surface area (Å²) in [6, 6.07) is 0. The Morgan fingerprint density at radius 2 is 1.95 bits per heavy atom. The Bertz CT molecular complexity index is 602. The fourth-order valence-electron chi connectivity index (χ4n) is 1.87. The van der Waals surface area contributed by atoms with Crippen molar-refractivity contribution in [2.75, 3.05) is 11.9 Å². The van der Waals surface area contributed by atoms with Crippen molar-refractivity contribution < 1.29 is 9.90 Å². The van der Waals surface area contributed by atoms with Gasteiger partial charge in [-0.2, -0.15) is 0 Å². The molecule has 0 aliphatic rings. The van der Waals surface area contributed by atoms with E-state index in [4.69, 9.17) is 5.11 Å². The highest BCUT2D eigenvalue weighted by Gasteiger charge is 2.20. The van der Waals surface area contributed by atoms with Gasteiger partial charge in [-0.05, 0) is 12.3 Å². The summed E-state index contributed by atoms with van der Waals surface area (Å²) < 4.78 is 1.95. The first-order chi connectivity index (χ1) is 9.23. The molecule has 0 saturated carbocycles. The molecule has 1 unspecified atom stereocenters. The molecule has 0 aromatic carbocycles. The van der Waals surface area contributed by atoms with E-state index in [9.17, 15) is 14.4 Å². The number of carboxylic acids is 1. The Morgan fingerprint density at radius 3 is 2.45 bits per heavy atom. The van der Waals surface area contributed by atoms with Gasteiger partial charge in [0, 0.05) is 20.6 Å². The summed E-state index contributed by atoms with van der Waals surface area (Å²) in [4.78, 5) is 34.4. The Kier molecular flexibility index (Phi) is 5.06. The van der Waals surface area contributed by atoms with E-state index in [1.165, 1.54) is 14.1 Å². The molecule has 1 heterocycles. The molecule has 8 heteroatoms. The van der Waals surface area contributed by atoms with Gasteiger partial charge in [-0.25, -0.2) is 9.48 Å². The predicted molar refractivity (Wildman–Crippen MR) is 73.8 cm³/mol. The molecule has 0 saturated heterocycles. The predicted octanol–water partition coefficient (Wildman–Crippen LogP) is -0.362. The van der Waals surface area contributed by atoms with Crippen LogP contribution in [0.3, 0.4) is 0 Å². The number of hydrogen-bond donors (Lipinski definition) is 2. The summed E-state index contributed by atoms with van der Waals surface area (Å²) in [5.41, 5.74) is -1.10. The quantitative estimate of drug-likeness (QED) is 0.738. The lowest BCUT2D eigenvalue weighted by Gasteiger charge is -2.15. The van der Waals surface area contributed by atoms with Crippen LogP contribution in [-0.4, -0.2) is 32.0 Å². The number of nitrogens with one attached hydrogen (secondary N) is 1. The second-order valence-electron chi connectivity index (χ2n) is 5.16. The van der Waals surface area contributed by atoms with Crippen LogP contribution in [-0.2, 0) is 18.9 Å². The molecule has 0 aliphatic heterocycles. The maximum atomic E-state index is 11.8. The average molecular weight is 284 g/mol. The number of nitrogens with zero attached hydrogens (tertiary/aromatic N) is 3. The highest BCUT2D eigenvalue weighted by molar-refractivity contribution is 5.70. The molecule has 0 amide bonds. The zero-order chi connectivity index (χ0) is 15.4. The highest BCUT2D eigenvalue weighted by atomic mass is 16.4. The Labute approximate surface area is 116 Å². The third-order valence-corrected chi connectivity index (χ3v) is 2.94. The summed E-state index contributed by atoms with van der Waals surface area (Å²) in [6.07, 6.45) is 0.494. The molecule has 1 aromatic heterocycles. The van der Waals surface area contributed by atoms with Crippen molar-refractivity contribution in [1.29, 1.82) is 0 Å². The number of aryl methyl sites for hydroxylation is 1. The largest absolute Gasteiger partial charge is 0.481 e. The smallest absolute Gasteiger partial charge is 0.346 e. The fraction of sp³-hybridized carbons (Fsp3) is 0.667. The van der Waals surface area contributed by atoms with Crippen LogP contribution < -0.4 is 16.6 Å². The first kappa shape index (κ1) is 15.9. The van der Waals surface area contributed by atoms with Crippen LogP contribution in [0, 0.1) is 11.8 Å². The zero-order valence-electron chi connectivity index (χ0n) is 12.1. The molecule has 112 valence electrons. The lowest BCUT2D eigenvalue weighted by Crippen LogP contribution is -2.40. The van der Waals surface area contributed by atoms with E-state index in [1.807, 2.05) is 13.8 Å². The first-order valence-electron chi connectivity index (χ1n) is 6.35. The maximum absolute atomic E-state index is 11.8. The maximum Gasteiger partial charge on any atom is 0.346 e. The second kappa shape index (κ2) is 6.36. The summed E-state index contributed by atoms with van der Waals surface area (Å²) in [6.45, 7) is 3.95. The van der Waals surface area contributed by atoms with E-state index in [-0.39, 0.29) is 18.3 Å². The van der Waals surface area contributed by atoms with Gasteiger partial charge in [0.25, 0.3) is 5.56 Å². The van der Waals surface area contributed by atoms with Crippen molar-refractivity contribution in [3.63, 3.8) is 0 Å². The van der Waals surface area contributed by atoms with Gasteiger partial charge < -0.3 is 10.4 Å². The van der Waals surface area contributed by atoms with Crippen molar-refractivity contribution in [2.45, 2.75) is 20.3 Å². The van der Waals surface area contributed by atoms with E-state index < -0.39 is 23.1 Å². The van der Waals surface area contributed by atoms with Crippen molar-refractivity contribution in [3.8, 4) is 0 Å². The van der Waals surface area contributed by atoms with Crippen molar-refractivity contribution >= 4 is 11.8 Å². The van der Waals surface area contributed by atoms with Gasteiger partial charge >= 0.3 is 11.7 Å². The van der Waals surface area contributed by atoms with Crippen LogP contribution >= 0.6 is 0 Å². The molecule has 0 bridgehead atoms. The van der Waals surface area contributed by atoms with Crippen molar-refractivity contribution in [1.82, 2.24) is 14.3 Å². The minimum Gasteiger partial charge on any atom is -0.481 e. The normalized spacial score (nSPS) is 12.4. The topological polar surface area (TPSA) is 106 Å². The monoisotopic (exact) mass is 284 g/mol. The van der Waals surface area contributed by atoms with Crippen LogP contribution in [0.15, 0.2) is 9.59 Å². The SMILES string of the molecule is CC(C)CC(CNc1nn(C)c(=O)n(C)c1=O)C(=O)O. The van der Waals surface area contributed by atoms with Crippen LogP contribution in [0.5, 0.6) is 0 Å². The minimum absolute atomic E-state index is 0.0235. The number of carboxylic acid groups (broad SMARTS) is 1. The molecule has 0 radical (unpaired) electrons. The van der Waals surface area contributed by atoms with Crippen molar-refractivity contribution in [3.05, 3.63) is 20.8 Å². The van der Waals surface area contributed by atoms with Crippen LogP contribution in [0.2, 0.25) is 0 Å².